The van der Waals surface area contributed by atoms with Gasteiger partial charge in [-0.15, -0.1) is 0 Å². The van der Waals surface area contributed by atoms with Gasteiger partial charge >= 0.3 is 0 Å². The molecule has 0 aliphatic rings. The molecule has 2 rings (SSSR count). The molecule has 0 saturated carbocycles. The maximum atomic E-state index is 2.35. The van der Waals surface area contributed by atoms with Crippen molar-refractivity contribution in [3.05, 3.63) is 54.1 Å². The van der Waals surface area contributed by atoms with Crippen LogP contribution in [-0.4, -0.2) is 4.57 Å². The lowest BCUT2D eigenvalue weighted by Crippen LogP contribution is -2.38. The van der Waals surface area contributed by atoms with Crippen molar-refractivity contribution in [1.82, 2.24) is 4.57 Å². The Morgan fingerprint density at radius 2 is 1.88 bits per heavy atom. The Labute approximate surface area is 104 Å². The average molecular weight is 229 g/mol. The van der Waals surface area contributed by atoms with E-state index in [1.807, 2.05) is 0 Å². The number of rotatable bonds is 4. The zero-order chi connectivity index (χ0) is 12.3. The van der Waals surface area contributed by atoms with E-state index in [2.05, 4.69) is 72.6 Å². The number of aromatic nitrogens is 2. The van der Waals surface area contributed by atoms with E-state index in [1.165, 1.54) is 11.4 Å². The van der Waals surface area contributed by atoms with Crippen LogP contribution in [0.4, 0.5) is 0 Å². The molecule has 2 nitrogen and oxygen atoms in total. The third-order valence-electron chi connectivity index (χ3n) is 3.07. The van der Waals surface area contributed by atoms with Gasteiger partial charge in [-0.25, -0.2) is 9.13 Å². The molecule has 90 valence electrons. The summed E-state index contributed by atoms with van der Waals surface area (Å²) in [5.74, 6) is 1.95. The van der Waals surface area contributed by atoms with Crippen molar-refractivity contribution in [3.8, 4) is 0 Å². The van der Waals surface area contributed by atoms with Crippen LogP contribution in [0.5, 0.6) is 0 Å². The molecule has 1 aromatic carbocycles. The van der Waals surface area contributed by atoms with Gasteiger partial charge < -0.3 is 0 Å². The van der Waals surface area contributed by atoms with Gasteiger partial charge in [-0.1, -0.05) is 44.2 Å². The molecule has 1 heterocycles. The molecule has 0 fully saturated rings. The van der Waals surface area contributed by atoms with Crippen LogP contribution in [0.25, 0.3) is 0 Å². The van der Waals surface area contributed by atoms with Crippen LogP contribution >= 0.6 is 0 Å². The summed E-state index contributed by atoms with van der Waals surface area (Å²) >= 11 is 0. The largest absolute Gasteiger partial charge is 0.259 e. The Kier molecular flexibility index (Phi) is 3.62. The maximum absolute atomic E-state index is 2.35. The van der Waals surface area contributed by atoms with E-state index in [-0.39, 0.29) is 0 Å². The first-order valence-electron chi connectivity index (χ1n) is 6.34. The fourth-order valence-corrected chi connectivity index (χ4v) is 2.32. The van der Waals surface area contributed by atoms with Gasteiger partial charge in [-0.05, 0) is 12.5 Å². The van der Waals surface area contributed by atoms with Gasteiger partial charge in [0.25, 0.3) is 5.82 Å². The molecule has 0 saturated heterocycles. The van der Waals surface area contributed by atoms with E-state index in [0.717, 1.165) is 13.1 Å². The summed E-state index contributed by atoms with van der Waals surface area (Å²) in [6.45, 7) is 8.70. The Balaban J connectivity index is 2.30. The molecule has 1 aromatic heterocycles. The zero-order valence-electron chi connectivity index (χ0n) is 10.9. The van der Waals surface area contributed by atoms with Crippen LogP contribution in [0.15, 0.2) is 42.7 Å². The Morgan fingerprint density at radius 3 is 2.47 bits per heavy atom. The number of hydrogen-bond acceptors (Lipinski definition) is 0. The van der Waals surface area contributed by atoms with Gasteiger partial charge in [-0.3, -0.25) is 0 Å². The molecule has 0 aliphatic carbocycles. The van der Waals surface area contributed by atoms with Crippen molar-refractivity contribution in [2.24, 2.45) is 0 Å². The van der Waals surface area contributed by atoms with Crippen molar-refractivity contribution in [2.45, 2.75) is 39.8 Å². The summed E-state index contributed by atoms with van der Waals surface area (Å²) in [7, 11) is 0. The molecule has 0 amide bonds. The van der Waals surface area contributed by atoms with Crippen molar-refractivity contribution in [3.63, 3.8) is 0 Å². The molecular formula is C15H21N2+. The van der Waals surface area contributed by atoms with Crippen molar-refractivity contribution in [1.29, 1.82) is 0 Å². The molecular weight excluding hydrogens is 208 g/mol. The van der Waals surface area contributed by atoms with Crippen LogP contribution in [0, 0.1) is 0 Å². The second-order valence-electron chi connectivity index (χ2n) is 4.71. The first-order valence-corrected chi connectivity index (χ1v) is 6.34. The van der Waals surface area contributed by atoms with Gasteiger partial charge in [0.15, 0.2) is 0 Å². The highest BCUT2D eigenvalue weighted by Gasteiger charge is 2.19. The zero-order valence-corrected chi connectivity index (χ0v) is 10.9. The first kappa shape index (κ1) is 11.9. The average Bonchev–Trinajstić information content (AvgIpc) is 2.73. The van der Waals surface area contributed by atoms with Crippen molar-refractivity contribution >= 4 is 0 Å². The lowest BCUT2D eigenvalue weighted by atomic mass is 10.2. The molecule has 0 spiro atoms. The van der Waals surface area contributed by atoms with Crippen LogP contribution in [0.3, 0.4) is 0 Å². The molecule has 0 atom stereocenters. The summed E-state index contributed by atoms with van der Waals surface area (Å²) < 4.78 is 4.68. The minimum atomic E-state index is 0.550. The number of imidazole rings is 1. The molecule has 0 N–H and O–H groups in total. The molecule has 2 aromatic rings. The highest BCUT2D eigenvalue weighted by molar-refractivity contribution is 5.13. The normalized spacial score (nSPS) is 11.1. The van der Waals surface area contributed by atoms with E-state index >= 15 is 0 Å². The molecule has 17 heavy (non-hydrogen) atoms. The second kappa shape index (κ2) is 5.17. The number of hydrogen-bond donors (Lipinski definition) is 0. The van der Waals surface area contributed by atoms with Gasteiger partial charge in [0.1, 0.15) is 18.9 Å². The third-order valence-corrected chi connectivity index (χ3v) is 3.07. The first-order chi connectivity index (χ1) is 8.22. The monoisotopic (exact) mass is 229 g/mol. The van der Waals surface area contributed by atoms with Crippen LogP contribution < -0.4 is 4.57 Å². The molecule has 0 bridgehead atoms. The predicted octanol–water partition coefficient (Wildman–Crippen LogP) is 2.97. The lowest BCUT2D eigenvalue weighted by molar-refractivity contribution is -0.696. The molecule has 0 aliphatic heterocycles. The van der Waals surface area contributed by atoms with E-state index in [4.69, 9.17) is 0 Å². The fourth-order valence-electron chi connectivity index (χ4n) is 2.32. The summed E-state index contributed by atoms with van der Waals surface area (Å²) in [6, 6.07) is 10.6. The van der Waals surface area contributed by atoms with Gasteiger partial charge in [0, 0.05) is 0 Å². The van der Waals surface area contributed by atoms with Crippen LogP contribution in [0.2, 0.25) is 0 Å². The maximum Gasteiger partial charge on any atom is 0.259 e. The van der Waals surface area contributed by atoms with E-state index in [9.17, 15) is 0 Å². The van der Waals surface area contributed by atoms with E-state index < -0.39 is 0 Å². The molecule has 0 radical (unpaired) electrons. The smallest absolute Gasteiger partial charge is 0.234 e. The number of aryl methyl sites for hydroxylation is 1. The Bertz CT molecular complexity index is 469. The molecule has 2 heteroatoms. The highest BCUT2D eigenvalue weighted by atomic mass is 15.1. The summed E-state index contributed by atoms with van der Waals surface area (Å²) in [6.07, 6.45) is 4.37. The summed E-state index contributed by atoms with van der Waals surface area (Å²) in [5, 5.41) is 0. The van der Waals surface area contributed by atoms with Crippen LogP contribution in [-0.2, 0) is 13.1 Å². The van der Waals surface area contributed by atoms with E-state index in [1.54, 1.807) is 0 Å². The highest BCUT2D eigenvalue weighted by Crippen LogP contribution is 2.11. The predicted molar refractivity (Wildman–Crippen MR) is 69.9 cm³/mol. The molecule has 0 unspecified atom stereocenters. The Morgan fingerprint density at radius 1 is 1.18 bits per heavy atom. The number of benzene rings is 1. The summed E-state index contributed by atoms with van der Waals surface area (Å²) in [5.41, 5.74) is 1.35. The summed E-state index contributed by atoms with van der Waals surface area (Å²) in [4.78, 5) is 0. The lowest BCUT2D eigenvalue weighted by Gasteiger charge is -2.06. The minimum Gasteiger partial charge on any atom is -0.234 e. The van der Waals surface area contributed by atoms with Gasteiger partial charge in [0.2, 0.25) is 0 Å². The van der Waals surface area contributed by atoms with Crippen molar-refractivity contribution in [2.75, 3.05) is 0 Å². The SMILES string of the molecule is CCn1cc[n+](Cc2ccccc2)c1C(C)C. The fraction of sp³-hybridized carbons (Fsp3) is 0.400. The number of nitrogens with zero attached hydrogens (tertiary/aromatic N) is 2. The van der Waals surface area contributed by atoms with Gasteiger partial charge in [0.05, 0.1) is 12.5 Å². The Hall–Kier alpha value is -1.57. The standard InChI is InChI=1S/C15H21N2/c1-4-16-10-11-17(15(16)13(2)3)12-14-8-6-5-7-9-14/h5-11,13H,4,12H2,1-3H3/q+1. The van der Waals surface area contributed by atoms with Crippen molar-refractivity contribution < 1.29 is 4.57 Å². The van der Waals surface area contributed by atoms with Crippen LogP contribution in [0.1, 0.15) is 38.1 Å². The third kappa shape index (κ3) is 2.57. The topological polar surface area (TPSA) is 8.81 Å². The van der Waals surface area contributed by atoms with Gasteiger partial charge in [-0.2, -0.15) is 0 Å². The second-order valence-corrected chi connectivity index (χ2v) is 4.71. The minimum absolute atomic E-state index is 0.550. The quantitative estimate of drug-likeness (QED) is 0.713. The van der Waals surface area contributed by atoms with E-state index in [0.29, 0.717) is 5.92 Å².